The van der Waals surface area contributed by atoms with E-state index in [1.54, 1.807) is 12.4 Å². The predicted molar refractivity (Wildman–Crippen MR) is 72.9 cm³/mol. The number of nitrogens with one attached hydrogen (secondary N) is 1. The first-order valence-corrected chi connectivity index (χ1v) is 6.65. The Bertz CT molecular complexity index is 497. The van der Waals surface area contributed by atoms with Gasteiger partial charge in [0.05, 0.1) is 5.92 Å². The Hall–Kier alpha value is -1.75. The topological polar surface area (TPSA) is 63.8 Å². The molecule has 0 radical (unpaired) electrons. The summed E-state index contributed by atoms with van der Waals surface area (Å²) < 4.78 is 5.35. The van der Waals surface area contributed by atoms with E-state index in [9.17, 15) is 0 Å². The zero-order valence-electron chi connectivity index (χ0n) is 11.6. The van der Waals surface area contributed by atoms with Gasteiger partial charge in [-0.2, -0.15) is 4.98 Å². The first kappa shape index (κ1) is 13.7. The molecule has 0 bridgehead atoms. The van der Waals surface area contributed by atoms with Gasteiger partial charge in [0, 0.05) is 24.9 Å². The van der Waals surface area contributed by atoms with Crippen molar-refractivity contribution in [2.45, 2.75) is 39.2 Å². The molecule has 2 atom stereocenters. The highest BCUT2D eigenvalue weighted by atomic mass is 16.5. The fraction of sp³-hybridized carbons (Fsp3) is 0.500. The molecule has 0 amide bonds. The highest BCUT2D eigenvalue weighted by Crippen LogP contribution is 2.17. The fourth-order valence-corrected chi connectivity index (χ4v) is 1.92. The molecule has 0 spiro atoms. The molecular formula is C14H20N4O. The zero-order valence-corrected chi connectivity index (χ0v) is 11.6. The molecule has 0 aliphatic carbocycles. The van der Waals surface area contributed by atoms with E-state index in [1.165, 1.54) is 0 Å². The summed E-state index contributed by atoms with van der Waals surface area (Å²) in [5.41, 5.74) is 1.13. The van der Waals surface area contributed by atoms with Crippen LogP contribution >= 0.6 is 0 Å². The average Bonchev–Trinajstić information content (AvgIpc) is 2.88. The Morgan fingerprint density at radius 3 is 2.68 bits per heavy atom. The van der Waals surface area contributed by atoms with Gasteiger partial charge in [-0.3, -0.25) is 4.98 Å². The van der Waals surface area contributed by atoms with Gasteiger partial charge >= 0.3 is 0 Å². The van der Waals surface area contributed by atoms with E-state index in [0.29, 0.717) is 18.4 Å². The molecule has 0 aliphatic rings. The van der Waals surface area contributed by atoms with Crippen molar-refractivity contribution in [1.29, 1.82) is 0 Å². The third kappa shape index (κ3) is 3.61. The number of likely N-dealkylation sites (N-methyl/N-ethyl adjacent to an activating group) is 1. The number of hydrogen-bond donors (Lipinski definition) is 1. The lowest BCUT2D eigenvalue weighted by molar-refractivity contribution is 0.330. The summed E-state index contributed by atoms with van der Waals surface area (Å²) in [5.74, 6) is 1.62. The predicted octanol–water partition coefficient (Wildman–Crippen LogP) is 2.16. The monoisotopic (exact) mass is 260 g/mol. The van der Waals surface area contributed by atoms with Crippen molar-refractivity contribution in [3.63, 3.8) is 0 Å². The van der Waals surface area contributed by atoms with E-state index in [0.717, 1.165) is 17.9 Å². The Morgan fingerprint density at radius 1 is 1.26 bits per heavy atom. The number of aromatic nitrogens is 3. The van der Waals surface area contributed by atoms with Crippen molar-refractivity contribution in [3.05, 3.63) is 41.8 Å². The summed E-state index contributed by atoms with van der Waals surface area (Å²) in [6, 6.07) is 4.24. The average molecular weight is 260 g/mol. The van der Waals surface area contributed by atoms with Crippen LogP contribution in [0.1, 0.15) is 44.0 Å². The molecule has 0 fully saturated rings. The molecule has 0 saturated heterocycles. The SMILES string of the molecule is CCNC(C)C(C)c1nc(Cc2ccncc2)no1. The van der Waals surface area contributed by atoms with Crippen LogP contribution in [0.5, 0.6) is 0 Å². The van der Waals surface area contributed by atoms with E-state index in [2.05, 4.69) is 41.2 Å². The van der Waals surface area contributed by atoms with Crippen LogP contribution in [-0.4, -0.2) is 27.7 Å². The molecule has 102 valence electrons. The van der Waals surface area contributed by atoms with Gasteiger partial charge < -0.3 is 9.84 Å². The molecule has 19 heavy (non-hydrogen) atoms. The number of hydrogen-bond acceptors (Lipinski definition) is 5. The van der Waals surface area contributed by atoms with Crippen molar-refractivity contribution in [1.82, 2.24) is 20.4 Å². The van der Waals surface area contributed by atoms with Gasteiger partial charge in [-0.15, -0.1) is 0 Å². The van der Waals surface area contributed by atoms with Gasteiger partial charge in [-0.25, -0.2) is 0 Å². The lowest BCUT2D eigenvalue weighted by Crippen LogP contribution is -2.30. The van der Waals surface area contributed by atoms with Crippen molar-refractivity contribution in [3.8, 4) is 0 Å². The van der Waals surface area contributed by atoms with Crippen LogP contribution in [0, 0.1) is 0 Å². The van der Waals surface area contributed by atoms with Gasteiger partial charge in [-0.05, 0) is 31.2 Å². The van der Waals surface area contributed by atoms with Crippen molar-refractivity contribution in [2.75, 3.05) is 6.54 Å². The molecule has 2 unspecified atom stereocenters. The molecule has 2 rings (SSSR count). The van der Waals surface area contributed by atoms with Crippen molar-refractivity contribution < 1.29 is 4.52 Å². The summed E-state index contributed by atoms with van der Waals surface area (Å²) >= 11 is 0. The largest absolute Gasteiger partial charge is 0.339 e. The minimum atomic E-state index is 0.207. The Morgan fingerprint density at radius 2 is 2.00 bits per heavy atom. The molecule has 1 N–H and O–H groups in total. The van der Waals surface area contributed by atoms with E-state index in [4.69, 9.17) is 4.52 Å². The van der Waals surface area contributed by atoms with E-state index in [1.807, 2.05) is 12.1 Å². The standard InChI is InChI=1S/C14H20N4O/c1-4-16-11(3)10(2)14-17-13(18-19-14)9-12-5-7-15-8-6-12/h5-8,10-11,16H,4,9H2,1-3H3. The maximum atomic E-state index is 5.35. The molecule has 5 heteroatoms. The summed E-state index contributed by atoms with van der Waals surface area (Å²) in [6.45, 7) is 7.24. The lowest BCUT2D eigenvalue weighted by atomic mass is 10.0. The molecule has 2 aromatic heterocycles. The summed E-state index contributed by atoms with van der Waals surface area (Å²) in [7, 11) is 0. The number of nitrogens with zero attached hydrogens (tertiary/aromatic N) is 3. The van der Waals surface area contributed by atoms with Crippen molar-refractivity contribution in [2.24, 2.45) is 0 Å². The minimum Gasteiger partial charge on any atom is -0.339 e. The van der Waals surface area contributed by atoms with E-state index in [-0.39, 0.29) is 5.92 Å². The first-order chi connectivity index (χ1) is 9.20. The molecular weight excluding hydrogens is 240 g/mol. The maximum absolute atomic E-state index is 5.35. The summed E-state index contributed by atoms with van der Waals surface area (Å²) in [6.07, 6.45) is 4.21. The summed E-state index contributed by atoms with van der Waals surface area (Å²) in [4.78, 5) is 8.46. The van der Waals surface area contributed by atoms with Gasteiger partial charge in [0.25, 0.3) is 0 Å². The molecule has 2 aromatic rings. The van der Waals surface area contributed by atoms with E-state index >= 15 is 0 Å². The fourth-order valence-electron chi connectivity index (χ4n) is 1.92. The van der Waals surface area contributed by atoms with Crippen LogP contribution in [0.15, 0.2) is 29.0 Å². The van der Waals surface area contributed by atoms with Gasteiger partial charge in [0.1, 0.15) is 0 Å². The number of pyridine rings is 1. The Kier molecular flexibility index (Phi) is 4.63. The summed E-state index contributed by atoms with van der Waals surface area (Å²) in [5, 5.41) is 7.41. The third-order valence-electron chi connectivity index (χ3n) is 3.26. The molecule has 0 saturated carbocycles. The highest BCUT2D eigenvalue weighted by Gasteiger charge is 2.19. The van der Waals surface area contributed by atoms with Gasteiger partial charge in [-0.1, -0.05) is 19.0 Å². The maximum Gasteiger partial charge on any atom is 0.231 e. The second-order valence-corrected chi connectivity index (χ2v) is 4.72. The van der Waals surface area contributed by atoms with Crippen molar-refractivity contribution >= 4 is 0 Å². The molecule has 5 nitrogen and oxygen atoms in total. The van der Waals surface area contributed by atoms with Crippen LogP contribution < -0.4 is 5.32 Å². The van der Waals surface area contributed by atoms with Gasteiger partial charge in [0.2, 0.25) is 5.89 Å². The van der Waals surface area contributed by atoms with Crippen LogP contribution in [-0.2, 0) is 6.42 Å². The normalized spacial score (nSPS) is 14.3. The second kappa shape index (κ2) is 6.43. The molecule has 2 heterocycles. The second-order valence-electron chi connectivity index (χ2n) is 4.72. The molecule has 0 aliphatic heterocycles. The lowest BCUT2D eigenvalue weighted by Gasteiger charge is -2.16. The van der Waals surface area contributed by atoms with Gasteiger partial charge in [0.15, 0.2) is 5.82 Å². The van der Waals surface area contributed by atoms with Crippen LogP contribution in [0.25, 0.3) is 0 Å². The Labute approximate surface area is 113 Å². The number of rotatable bonds is 6. The minimum absolute atomic E-state index is 0.207. The zero-order chi connectivity index (χ0) is 13.7. The van der Waals surface area contributed by atoms with Crippen LogP contribution in [0.3, 0.4) is 0 Å². The quantitative estimate of drug-likeness (QED) is 0.862. The smallest absolute Gasteiger partial charge is 0.231 e. The van der Waals surface area contributed by atoms with Crippen LogP contribution in [0.4, 0.5) is 0 Å². The van der Waals surface area contributed by atoms with E-state index < -0.39 is 0 Å². The third-order valence-corrected chi connectivity index (χ3v) is 3.26. The van der Waals surface area contributed by atoms with Crippen LogP contribution in [0.2, 0.25) is 0 Å². The Balaban J connectivity index is 2.03. The first-order valence-electron chi connectivity index (χ1n) is 6.65. The highest BCUT2D eigenvalue weighted by molar-refractivity contribution is 5.15. The molecule has 0 aromatic carbocycles.